The maximum Gasteiger partial charge on any atom is 0.364 e. The number of anilines is 1. The minimum atomic E-state index is -0.480. The normalized spacial score (nSPS) is 14.6. The number of fused-ring (bicyclic) bond motifs is 1. The number of nitrogens with zero attached hydrogens (tertiary/aromatic N) is 3. The predicted molar refractivity (Wildman–Crippen MR) is 93.8 cm³/mol. The van der Waals surface area contributed by atoms with Crippen LogP contribution in [0.1, 0.15) is 22.5 Å². The van der Waals surface area contributed by atoms with E-state index in [0.29, 0.717) is 23.5 Å². The van der Waals surface area contributed by atoms with Crippen molar-refractivity contribution in [3.05, 3.63) is 81.5 Å². The van der Waals surface area contributed by atoms with Gasteiger partial charge >= 0.3 is 5.69 Å². The lowest BCUT2D eigenvalue weighted by Crippen LogP contribution is -2.21. The third kappa shape index (κ3) is 2.76. The van der Waals surface area contributed by atoms with Gasteiger partial charge < -0.3 is 5.32 Å². The van der Waals surface area contributed by atoms with Crippen molar-refractivity contribution in [3.63, 3.8) is 0 Å². The molecule has 0 saturated carbocycles. The van der Waals surface area contributed by atoms with Crippen molar-refractivity contribution in [1.29, 1.82) is 0 Å². The minimum absolute atomic E-state index is 0.198. The number of aryl methyl sites for hydroxylation is 1. The molecule has 0 atom stereocenters. The molecule has 2 N–H and O–H groups in total. The topological polar surface area (TPSA) is 92.1 Å². The number of rotatable bonds is 3. The van der Waals surface area contributed by atoms with E-state index in [0.717, 1.165) is 15.8 Å². The lowest BCUT2D eigenvalue weighted by Gasteiger charge is -2.02. The molecule has 0 spiro atoms. The van der Waals surface area contributed by atoms with Crippen LogP contribution in [-0.2, 0) is 11.2 Å². The van der Waals surface area contributed by atoms with E-state index in [2.05, 4.69) is 20.6 Å². The van der Waals surface area contributed by atoms with Crippen molar-refractivity contribution < 1.29 is 4.79 Å². The molecule has 2 heterocycles. The molecule has 7 heteroatoms. The Morgan fingerprint density at radius 2 is 1.84 bits per heavy atom. The van der Waals surface area contributed by atoms with Crippen LogP contribution >= 0.6 is 0 Å². The predicted octanol–water partition coefficient (Wildman–Crippen LogP) is 1.68. The summed E-state index contributed by atoms with van der Waals surface area (Å²) in [5.41, 5.74) is 3.23. The smallest absolute Gasteiger partial charge is 0.320 e. The molecule has 1 aliphatic heterocycles. The van der Waals surface area contributed by atoms with Gasteiger partial charge in [0, 0.05) is 12.0 Å². The van der Waals surface area contributed by atoms with Gasteiger partial charge in [-0.15, -0.1) is 0 Å². The highest BCUT2D eigenvalue weighted by Crippen LogP contribution is 2.22. The van der Waals surface area contributed by atoms with Gasteiger partial charge in [0.05, 0.1) is 5.69 Å². The summed E-state index contributed by atoms with van der Waals surface area (Å²) in [5.74, 6) is 0.106. The van der Waals surface area contributed by atoms with Gasteiger partial charge in [0.15, 0.2) is 11.5 Å². The Kier molecular flexibility index (Phi) is 3.53. The highest BCUT2D eigenvalue weighted by molar-refractivity contribution is 6.53. The molecule has 2 aromatic carbocycles. The Labute approximate surface area is 143 Å². The summed E-state index contributed by atoms with van der Waals surface area (Å²) in [4.78, 5) is 24.3. The zero-order valence-corrected chi connectivity index (χ0v) is 13.5. The van der Waals surface area contributed by atoms with Gasteiger partial charge in [-0.25, -0.2) is 9.89 Å². The Morgan fingerprint density at radius 1 is 1.08 bits per heavy atom. The lowest BCUT2D eigenvalue weighted by atomic mass is 10.1. The van der Waals surface area contributed by atoms with Crippen molar-refractivity contribution in [2.24, 2.45) is 5.10 Å². The summed E-state index contributed by atoms with van der Waals surface area (Å²) >= 11 is 0. The number of para-hydroxylation sites is 1. The largest absolute Gasteiger partial charge is 0.364 e. The maximum absolute atomic E-state index is 12.2. The fraction of sp³-hybridized carbons (Fsp3) is 0.111. The van der Waals surface area contributed by atoms with Gasteiger partial charge in [-0.3, -0.25) is 4.79 Å². The average Bonchev–Trinajstić information content (AvgIpc) is 3.11. The van der Waals surface area contributed by atoms with Crippen molar-refractivity contribution in [2.45, 2.75) is 13.3 Å². The fourth-order valence-corrected chi connectivity index (χ4v) is 2.73. The Hall–Kier alpha value is -3.48. The Bertz CT molecular complexity index is 1040. The number of aromatic amines is 1. The quantitative estimate of drug-likeness (QED) is 0.764. The molecule has 0 bridgehead atoms. The van der Waals surface area contributed by atoms with E-state index in [9.17, 15) is 9.59 Å². The molecular weight excluding hydrogens is 318 g/mol. The molecule has 3 aromatic rings. The van der Waals surface area contributed by atoms with Crippen LogP contribution < -0.4 is 11.0 Å². The van der Waals surface area contributed by atoms with E-state index < -0.39 is 5.69 Å². The second-order valence-corrected chi connectivity index (χ2v) is 5.87. The molecule has 1 amide bonds. The molecule has 1 aliphatic rings. The van der Waals surface area contributed by atoms with Gasteiger partial charge in [-0.2, -0.15) is 14.9 Å². The molecule has 0 radical (unpaired) electrons. The van der Waals surface area contributed by atoms with Crippen LogP contribution in [0.4, 0.5) is 5.69 Å². The number of carbonyl (C=O) groups excluding carboxylic acids is 1. The number of amides is 1. The lowest BCUT2D eigenvalue weighted by molar-refractivity contribution is -0.110. The number of H-pyrrole nitrogens is 1. The van der Waals surface area contributed by atoms with Crippen LogP contribution in [0.2, 0.25) is 0 Å². The Balaban J connectivity index is 1.74. The standard InChI is InChI=1S/C18H15N5O2/c1-11-6-8-12(9-7-11)10-15-20-21-18(25)23(15)22-16-13-4-2-3-5-14(13)19-17(16)24/h2-9H,10H2,1H3,(H,21,25)(H,19,22,24). The van der Waals surface area contributed by atoms with E-state index in [-0.39, 0.29) is 11.6 Å². The summed E-state index contributed by atoms with van der Waals surface area (Å²) in [7, 11) is 0. The SMILES string of the molecule is Cc1ccc(Cc2n[nH]c(=O)n2/N=C2/C(=O)Nc3ccccc32)cc1. The minimum Gasteiger partial charge on any atom is -0.320 e. The van der Waals surface area contributed by atoms with Crippen molar-refractivity contribution in [2.75, 3.05) is 5.32 Å². The summed E-state index contributed by atoms with van der Waals surface area (Å²) in [6, 6.07) is 15.2. The first-order valence-corrected chi connectivity index (χ1v) is 7.83. The zero-order chi connectivity index (χ0) is 17.4. The first-order chi connectivity index (χ1) is 12.1. The monoisotopic (exact) mass is 333 g/mol. The van der Waals surface area contributed by atoms with Gasteiger partial charge in [0.1, 0.15) is 0 Å². The van der Waals surface area contributed by atoms with E-state index in [1.807, 2.05) is 43.3 Å². The zero-order valence-electron chi connectivity index (χ0n) is 13.5. The number of nitrogens with one attached hydrogen (secondary N) is 2. The molecule has 0 unspecified atom stereocenters. The van der Waals surface area contributed by atoms with Crippen LogP contribution in [-0.4, -0.2) is 26.5 Å². The summed E-state index contributed by atoms with van der Waals surface area (Å²) in [5, 5.41) is 13.5. The van der Waals surface area contributed by atoms with Crippen LogP contribution in [0.15, 0.2) is 58.4 Å². The molecule has 124 valence electrons. The summed E-state index contributed by atoms with van der Waals surface area (Å²) < 4.78 is 1.15. The van der Waals surface area contributed by atoms with Crippen molar-refractivity contribution >= 4 is 17.3 Å². The number of hydrogen-bond acceptors (Lipinski definition) is 4. The van der Waals surface area contributed by atoms with E-state index >= 15 is 0 Å². The van der Waals surface area contributed by atoms with Crippen LogP contribution in [0, 0.1) is 6.92 Å². The molecule has 7 nitrogen and oxygen atoms in total. The van der Waals surface area contributed by atoms with E-state index in [1.54, 1.807) is 12.1 Å². The first-order valence-electron chi connectivity index (χ1n) is 7.83. The van der Waals surface area contributed by atoms with Crippen LogP contribution in [0.3, 0.4) is 0 Å². The molecule has 0 aliphatic carbocycles. The van der Waals surface area contributed by atoms with Crippen molar-refractivity contribution in [1.82, 2.24) is 14.9 Å². The second-order valence-electron chi connectivity index (χ2n) is 5.87. The maximum atomic E-state index is 12.2. The van der Waals surface area contributed by atoms with Gasteiger partial charge in [0.25, 0.3) is 5.91 Å². The number of benzene rings is 2. The van der Waals surface area contributed by atoms with Crippen LogP contribution in [0.5, 0.6) is 0 Å². The van der Waals surface area contributed by atoms with Crippen LogP contribution in [0.25, 0.3) is 0 Å². The molecule has 4 rings (SSSR count). The second kappa shape index (κ2) is 5.86. The van der Waals surface area contributed by atoms with Gasteiger partial charge in [-0.05, 0) is 18.6 Å². The third-order valence-electron chi connectivity index (χ3n) is 4.05. The molecule has 1 aromatic heterocycles. The van der Waals surface area contributed by atoms with E-state index in [1.165, 1.54) is 0 Å². The molecule has 0 saturated heterocycles. The third-order valence-corrected chi connectivity index (χ3v) is 4.05. The molecular formula is C18H15N5O2. The van der Waals surface area contributed by atoms with Gasteiger partial charge in [0.2, 0.25) is 0 Å². The van der Waals surface area contributed by atoms with Gasteiger partial charge in [-0.1, -0.05) is 48.0 Å². The molecule has 0 fully saturated rings. The summed E-state index contributed by atoms with van der Waals surface area (Å²) in [6.07, 6.45) is 0.430. The average molecular weight is 333 g/mol. The highest BCUT2D eigenvalue weighted by Gasteiger charge is 2.26. The highest BCUT2D eigenvalue weighted by atomic mass is 16.2. The fourth-order valence-electron chi connectivity index (χ4n) is 2.73. The summed E-state index contributed by atoms with van der Waals surface area (Å²) in [6.45, 7) is 2.01. The van der Waals surface area contributed by atoms with Crippen molar-refractivity contribution in [3.8, 4) is 0 Å². The van der Waals surface area contributed by atoms with E-state index in [4.69, 9.17) is 0 Å². The number of aromatic nitrogens is 3. The Morgan fingerprint density at radius 3 is 2.64 bits per heavy atom. The first kappa shape index (κ1) is 15.1. The molecule has 25 heavy (non-hydrogen) atoms. The number of hydrogen-bond donors (Lipinski definition) is 2. The number of carbonyl (C=O) groups is 1.